The van der Waals surface area contributed by atoms with Crippen LogP contribution in [0.3, 0.4) is 0 Å². The van der Waals surface area contributed by atoms with Crippen LogP contribution in [0.15, 0.2) is 16.5 Å². The highest BCUT2D eigenvalue weighted by Crippen LogP contribution is 2.14. The van der Waals surface area contributed by atoms with E-state index >= 15 is 0 Å². The van der Waals surface area contributed by atoms with Gasteiger partial charge in [0.05, 0.1) is 6.54 Å². The van der Waals surface area contributed by atoms with E-state index in [4.69, 9.17) is 9.52 Å². The molecule has 6 heteroatoms. The second-order valence-electron chi connectivity index (χ2n) is 5.67. The molecule has 1 atom stereocenters. The first-order chi connectivity index (χ1) is 9.86. The van der Waals surface area contributed by atoms with Crippen molar-refractivity contribution in [2.45, 2.75) is 40.2 Å². The van der Waals surface area contributed by atoms with Crippen molar-refractivity contribution in [1.82, 2.24) is 10.6 Å². The number of carboxylic acids is 1. The highest BCUT2D eigenvalue weighted by molar-refractivity contribution is 5.74. The average Bonchev–Trinajstić information content (AvgIpc) is 2.78. The lowest BCUT2D eigenvalue weighted by molar-refractivity contribution is -0.138. The molecule has 3 N–H and O–H groups in total. The smallest absolute Gasteiger partial charge is 0.315 e. The van der Waals surface area contributed by atoms with Crippen LogP contribution in [-0.4, -0.2) is 23.7 Å². The van der Waals surface area contributed by atoms with Crippen LogP contribution in [0, 0.1) is 18.8 Å². The zero-order valence-electron chi connectivity index (χ0n) is 12.8. The van der Waals surface area contributed by atoms with Gasteiger partial charge in [0.2, 0.25) is 0 Å². The molecule has 0 aliphatic rings. The first-order valence-electron chi connectivity index (χ1n) is 7.15. The summed E-state index contributed by atoms with van der Waals surface area (Å²) in [6.45, 7) is 6.58. The van der Waals surface area contributed by atoms with Gasteiger partial charge in [-0.25, -0.2) is 4.79 Å². The van der Waals surface area contributed by atoms with Crippen molar-refractivity contribution in [2.75, 3.05) is 6.54 Å². The quantitative estimate of drug-likeness (QED) is 0.687. The van der Waals surface area contributed by atoms with E-state index in [0.717, 1.165) is 12.2 Å². The van der Waals surface area contributed by atoms with Gasteiger partial charge in [-0.3, -0.25) is 4.79 Å². The molecule has 0 fully saturated rings. The second-order valence-corrected chi connectivity index (χ2v) is 5.67. The number of urea groups is 1. The van der Waals surface area contributed by atoms with Gasteiger partial charge in [0.1, 0.15) is 11.5 Å². The third-order valence-electron chi connectivity index (χ3n) is 3.04. The Hall–Kier alpha value is -1.98. The van der Waals surface area contributed by atoms with Gasteiger partial charge in [-0.15, -0.1) is 0 Å². The number of carbonyl (C=O) groups is 2. The van der Waals surface area contributed by atoms with E-state index in [9.17, 15) is 9.59 Å². The maximum atomic E-state index is 11.7. The van der Waals surface area contributed by atoms with E-state index in [1.807, 2.05) is 32.9 Å². The Morgan fingerprint density at radius 1 is 1.29 bits per heavy atom. The topological polar surface area (TPSA) is 91.6 Å². The molecule has 0 saturated heterocycles. The van der Waals surface area contributed by atoms with Crippen LogP contribution in [0.25, 0.3) is 0 Å². The lowest BCUT2D eigenvalue weighted by atomic mass is 9.94. The van der Waals surface area contributed by atoms with Crippen molar-refractivity contribution >= 4 is 12.0 Å². The Morgan fingerprint density at radius 3 is 2.52 bits per heavy atom. The summed E-state index contributed by atoms with van der Waals surface area (Å²) in [4.78, 5) is 22.5. The van der Waals surface area contributed by atoms with Gasteiger partial charge >= 0.3 is 12.0 Å². The number of hydrogen-bond donors (Lipinski definition) is 3. The summed E-state index contributed by atoms with van der Waals surface area (Å²) in [6, 6.07) is 3.32. The van der Waals surface area contributed by atoms with E-state index in [2.05, 4.69) is 10.6 Å². The molecule has 0 saturated carbocycles. The van der Waals surface area contributed by atoms with Gasteiger partial charge in [-0.05, 0) is 37.3 Å². The number of rotatable bonds is 8. The van der Waals surface area contributed by atoms with Gasteiger partial charge in [-0.1, -0.05) is 13.8 Å². The molecule has 0 aliphatic heterocycles. The summed E-state index contributed by atoms with van der Waals surface area (Å²) in [5.41, 5.74) is 0. The van der Waals surface area contributed by atoms with Gasteiger partial charge in [0, 0.05) is 13.0 Å². The number of aliphatic carboxylic acids is 1. The van der Waals surface area contributed by atoms with Crippen LogP contribution in [0.2, 0.25) is 0 Å². The highest BCUT2D eigenvalue weighted by Gasteiger charge is 2.16. The Kier molecular flexibility index (Phi) is 6.78. The molecule has 0 aliphatic carbocycles. The Balaban J connectivity index is 2.33. The first kappa shape index (κ1) is 17.1. The number of amides is 2. The number of aryl methyl sites for hydroxylation is 1. The van der Waals surface area contributed by atoms with Gasteiger partial charge < -0.3 is 20.2 Å². The predicted octanol–water partition coefficient (Wildman–Crippen LogP) is 2.52. The lowest BCUT2D eigenvalue weighted by Crippen LogP contribution is -2.38. The van der Waals surface area contributed by atoms with Crippen molar-refractivity contribution in [3.05, 3.63) is 23.7 Å². The zero-order valence-corrected chi connectivity index (χ0v) is 12.8. The average molecular weight is 296 g/mol. The molecule has 6 nitrogen and oxygen atoms in total. The molecule has 0 spiro atoms. The van der Waals surface area contributed by atoms with Crippen LogP contribution in [0.4, 0.5) is 4.79 Å². The van der Waals surface area contributed by atoms with E-state index in [1.165, 1.54) is 0 Å². The first-order valence-corrected chi connectivity index (χ1v) is 7.15. The molecule has 21 heavy (non-hydrogen) atoms. The third-order valence-corrected chi connectivity index (χ3v) is 3.04. The molecule has 1 aromatic heterocycles. The van der Waals surface area contributed by atoms with E-state index in [0.29, 0.717) is 24.8 Å². The van der Waals surface area contributed by atoms with Gasteiger partial charge in [-0.2, -0.15) is 0 Å². The van der Waals surface area contributed by atoms with Crippen molar-refractivity contribution in [3.63, 3.8) is 0 Å². The second kappa shape index (κ2) is 8.34. The highest BCUT2D eigenvalue weighted by atomic mass is 16.4. The summed E-state index contributed by atoms with van der Waals surface area (Å²) in [5, 5.41) is 14.3. The van der Waals surface area contributed by atoms with Crippen LogP contribution in [-0.2, 0) is 11.3 Å². The number of nitrogens with one attached hydrogen (secondary N) is 2. The fourth-order valence-electron chi connectivity index (χ4n) is 2.20. The SMILES string of the molecule is Cc1ccc(CNC(=O)NC[C@H](CC(=O)O)CC(C)C)o1. The summed E-state index contributed by atoms with van der Waals surface area (Å²) in [5.74, 6) is 0.982. The van der Waals surface area contributed by atoms with Gasteiger partial charge in [0.15, 0.2) is 0 Å². The minimum absolute atomic E-state index is 0.0564. The van der Waals surface area contributed by atoms with E-state index < -0.39 is 5.97 Å². The Morgan fingerprint density at radius 2 is 2.00 bits per heavy atom. The number of carboxylic acid groups (broad SMARTS) is 1. The van der Waals surface area contributed by atoms with Crippen LogP contribution < -0.4 is 10.6 Å². The van der Waals surface area contributed by atoms with Crippen molar-refractivity contribution in [1.29, 1.82) is 0 Å². The maximum absolute atomic E-state index is 11.7. The molecule has 2 amide bonds. The summed E-state index contributed by atoms with van der Waals surface area (Å²) in [6.07, 6.45) is 0.833. The third kappa shape index (κ3) is 7.39. The molecule has 0 bridgehead atoms. The fourth-order valence-corrected chi connectivity index (χ4v) is 2.20. The van der Waals surface area contributed by atoms with Crippen LogP contribution in [0.1, 0.15) is 38.2 Å². The zero-order chi connectivity index (χ0) is 15.8. The molecule has 0 unspecified atom stereocenters. The molecule has 0 aromatic carbocycles. The van der Waals surface area contributed by atoms with Crippen molar-refractivity contribution in [2.24, 2.45) is 11.8 Å². The molecule has 118 valence electrons. The lowest BCUT2D eigenvalue weighted by Gasteiger charge is -2.17. The molecule has 1 rings (SSSR count). The largest absolute Gasteiger partial charge is 0.481 e. The minimum atomic E-state index is -0.839. The number of furan rings is 1. The molecule has 1 heterocycles. The fraction of sp³-hybridized carbons (Fsp3) is 0.600. The molecule has 1 aromatic rings. The summed E-state index contributed by atoms with van der Waals surface area (Å²) >= 11 is 0. The predicted molar refractivity (Wildman–Crippen MR) is 78.9 cm³/mol. The summed E-state index contributed by atoms with van der Waals surface area (Å²) < 4.78 is 5.34. The maximum Gasteiger partial charge on any atom is 0.315 e. The van der Waals surface area contributed by atoms with Crippen LogP contribution >= 0.6 is 0 Å². The van der Waals surface area contributed by atoms with Crippen molar-refractivity contribution < 1.29 is 19.1 Å². The number of hydrogen-bond acceptors (Lipinski definition) is 3. The van der Waals surface area contributed by atoms with E-state index in [-0.39, 0.29) is 18.4 Å². The molecular formula is C15H24N2O4. The monoisotopic (exact) mass is 296 g/mol. The van der Waals surface area contributed by atoms with Crippen molar-refractivity contribution in [3.8, 4) is 0 Å². The van der Waals surface area contributed by atoms with Gasteiger partial charge in [0.25, 0.3) is 0 Å². The Labute approximate surface area is 124 Å². The minimum Gasteiger partial charge on any atom is -0.481 e. The normalized spacial score (nSPS) is 12.2. The number of carbonyl (C=O) groups excluding carboxylic acids is 1. The Bertz CT molecular complexity index is 468. The molecule has 0 radical (unpaired) electrons. The molecular weight excluding hydrogens is 272 g/mol. The van der Waals surface area contributed by atoms with E-state index in [1.54, 1.807) is 0 Å². The standard InChI is InChI=1S/C15H24N2O4/c1-10(2)6-12(7-14(18)19)8-16-15(20)17-9-13-5-4-11(3)21-13/h4-5,10,12H,6-9H2,1-3H3,(H,18,19)(H2,16,17,20)/t12-/m0/s1. The van der Waals surface area contributed by atoms with Crippen LogP contribution in [0.5, 0.6) is 0 Å². The summed E-state index contributed by atoms with van der Waals surface area (Å²) in [7, 11) is 0.